The first-order chi connectivity index (χ1) is 12.2. The van der Waals surface area contributed by atoms with Crippen LogP contribution in [-0.2, 0) is 24.1 Å². The third kappa shape index (κ3) is 3.13. The molecule has 4 aliphatic rings. The van der Waals surface area contributed by atoms with Crippen LogP contribution in [-0.4, -0.2) is 22.4 Å². The van der Waals surface area contributed by atoms with Crippen LogP contribution in [0.25, 0.3) is 0 Å². The summed E-state index contributed by atoms with van der Waals surface area (Å²) < 4.78 is 6.79. The second kappa shape index (κ2) is 6.93. The van der Waals surface area contributed by atoms with Crippen LogP contribution in [0.5, 0.6) is 0 Å². The number of aryl methyl sites for hydroxylation is 1. The lowest BCUT2D eigenvalue weighted by molar-refractivity contribution is 0.0518. The van der Waals surface area contributed by atoms with Crippen LogP contribution in [0.4, 0.5) is 0 Å². The van der Waals surface area contributed by atoms with Crippen LogP contribution in [0, 0.1) is 17.8 Å². The topological polar surface area (TPSA) is 61.2 Å². The maximum atomic E-state index is 13.0. The number of aromatic nitrogens is 2. The molecular formula is C20H28N2O3. The quantitative estimate of drug-likeness (QED) is 0.787. The van der Waals surface area contributed by atoms with E-state index in [1.54, 1.807) is 11.6 Å². The van der Waals surface area contributed by atoms with Gasteiger partial charge in [-0.2, -0.15) is 5.10 Å². The number of nitrogens with zero attached hydrogens (tertiary/aromatic N) is 2. The molecule has 0 spiro atoms. The highest BCUT2D eigenvalue weighted by molar-refractivity contribution is 5.91. The minimum absolute atomic E-state index is 0.236. The van der Waals surface area contributed by atoms with E-state index in [4.69, 9.17) is 9.84 Å². The standard InChI is InChI=1S/C20H28N2O3/c1-2-25-20(24)18-16-5-3-4-6-17(16)21-22(19(18)23)12-15-11-13-7-9-14(15)10-8-13/h13-15H,2-12H2,1H3. The average Bonchev–Trinajstić information content (AvgIpc) is 2.63. The second-order valence-electron chi connectivity index (χ2n) is 7.99. The molecule has 136 valence electrons. The number of hydrogen-bond donors (Lipinski definition) is 0. The van der Waals surface area contributed by atoms with Gasteiger partial charge in [0.2, 0.25) is 0 Å². The second-order valence-corrected chi connectivity index (χ2v) is 7.99. The van der Waals surface area contributed by atoms with Gasteiger partial charge in [-0.15, -0.1) is 0 Å². The summed E-state index contributed by atoms with van der Waals surface area (Å²) >= 11 is 0. The first-order valence-corrected chi connectivity index (χ1v) is 9.97. The zero-order valence-corrected chi connectivity index (χ0v) is 15.1. The molecule has 0 saturated heterocycles. The summed E-state index contributed by atoms with van der Waals surface area (Å²) in [4.78, 5) is 25.5. The molecule has 4 aliphatic carbocycles. The van der Waals surface area contributed by atoms with Crippen molar-refractivity contribution in [2.45, 2.75) is 71.3 Å². The molecule has 2 bridgehead atoms. The van der Waals surface area contributed by atoms with Gasteiger partial charge in [-0.25, -0.2) is 9.48 Å². The zero-order chi connectivity index (χ0) is 17.4. The van der Waals surface area contributed by atoms with Gasteiger partial charge in [0.25, 0.3) is 5.56 Å². The summed E-state index contributed by atoms with van der Waals surface area (Å²) in [5, 5.41) is 4.69. The number of carbonyl (C=O) groups excluding carboxylic acids is 1. The Labute approximate surface area is 148 Å². The van der Waals surface area contributed by atoms with Crippen LogP contribution in [0.2, 0.25) is 0 Å². The largest absolute Gasteiger partial charge is 0.462 e. The molecule has 1 unspecified atom stereocenters. The number of esters is 1. The highest BCUT2D eigenvalue weighted by atomic mass is 16.5. The molecule has 5 rings (SSSR count). The Kier molecular flexibility index (Phi) is 4.65. The van der Waals surface area contributed by atoms with Crippen molar-refractivity contribution in [3.05, 3.63) is 27.2 Å². The summed E-state index contributed by atoms with van der Waals surface area (Å²) in [6, 6.07) is 0. The summed E-state index contributed by atoms with van der Waals surface area (Å²) in [7, 11) is 0. The predicted octanol–water partition coefficient (Wildman–Crippen LogP) is 3.13. The summed E-state index contributed by atoms with van der Waals surface area (Å²) in [6.07, 6.45) is 10.2. The molecule has 1 heterocycles. The molecule has 5 heteroatoms. The van der Waals surface area contributed by atoms with Gasteiger partial charge >= 0.3 is 5.97 Å². The van der Waals surface area contributed by atoms with Crippen molar-refractivity contribution >= 4 is 5.97 Å². The molecule has 0 aliphatic heterocycles. The number of carbonyl (C=O) groups is 1. The van der Waals surface area contributed by atoms with Gasteiger partial charge < -0.3 is 4.74 Å². The minimum Gasteiger partial charge on any atom is -0.462 e. The average molecular weight is 344 g/mol. The van der Waals surface area contributed by atoms with E-state index in [2.05, 4.69) is 0 Å². The highest BCUT2D eigenvalue weighted by Gasteiger charge is 2.36. The molecule has 0 amide bonds. The first-order valence-electron chi connectivity index (χ1n) is 9.97. The highest BCUT2D eigenvalue weighted by Crippen LogP contribution is 2.45. The Morgan fingerprint density at radius 2 is 1.96 bits per heavy atom. The predicted molar refractivity (Wildman–Crippen MR) is 94.7 cm³/mol. The fraction of sp³-hybridized carbons (Fsp3) is 0.750. The van der Waals surface area contributed by atoms with Crippen molar-refractivity contribution in [2.24, 2.45) is 17.8 Å². The van der Waals surface area contributed by atoms with Gasteiger partial charge in [-0.1, -0.05) is 12.8 Å². The van der Waals surface area contributed by atoms with Crippen LogP contribution >= 0.6 is 0 Å². The maximum absolute atomic E-state index is 13.0. The van der Waals surface area contributed by atoms with Crippen molar-refractivity contribution in [1.29, 1.82) is 0 Å². The number of rotatable bonds is 4. The van der Waals surface area contributed by atoms with E-state index in [-0.39, 0.29) is 11.1 Å². The van der Waals surface area contributed by atoms with Crippen LogP contribution < -0.4 is 5.56 Å². The maximum Gasteiger partial charge on any atom is 0.344 e. The molecule has 0 radical (unpaired) electrons. The third-order valence-corrected chi connectivity index (χ3v) is 6.51. The molecular weight excluding hydrogens is 316 g/mol. The summed E-state index contributed by atoms with van der Waals surface area (Å²) in [6.45, 7) is 2.74. The van der Waals surface area contributed by atoms with Crippen molar-refractivity contribution in [2.75, 3.05) is 6.61 Å². The Balaban J connectivity index is 1.69. The molecule has 25 heavy (non-hydrogen) atoms. The van der Waals surface area contributed by atoms with Crippen LogP contribution in [0.15, 0.2) is 4.79 Å². The van der Waals surface area contributed by atoms with E-state index in [0.29, 0.717) is 19.1 Å². The van der Waals surface area contributed by atoms with Gasteiger partial charge in [-0.3, -0.25) is 4.79 Å². The summed E-state index contributed by atoms with van der Waals surface area (Å²) in [5.41, 5.74) is 1.80. The van der Waals surface area contributed by atoms with E-state index in [9.17, 15) is 9.59 Å². The Morgan fingerprint density at radius 3 is 2.64 bits per heavy atom. The smallest absolute Gasteiger partial charge is 0.344 e. The lowest BCUT2D eigenvalue weighted by atomic mass is 9.65. The Morgan fingerprint density at radius 1 is 1.20 bits per heavy atom. The lowest BCUT2D eigenvalue weighted by Crippen LogP contribution is -2.39. The van der Waals surface area contributed by atoms with E-state index in [1.807, 2.05) is 0 Å². The minimum atomic E-state index is -0.466. The summed E-state index contributed by atoms with van der Waals surface area (Å²) in [5.74, 6) is 1.62. The van der Waals surface area contributed by atoms with Crippen molar-refractivity contribution in [3.8, 4) is 0 Å². The Hall–Kier alpha value is -1.65. The van der Waals surface area contributed by atoms with Crippen LogP contribution in [0.1, 0.15) is 73.5 Å². The number of fused-ring (bicyclic) bond motifs is 4. The van der Waals surface area contributed by atoms with Crippen LogP contribution in [0.3, 0.4) is 0 Å². The molecule has 5 nitrogen and oxygen atoms in total. The normalized spacial score (nSPS) is 27.8. The van der Waals surface area contributed by atoms with Crippen molar-refractivity contribution < 1.29 is 9.53 Å². The Bertz CT molecular complexity index is 716. The molecule has 1 atom stereocenters. The van der Waals surface area contributed by atoms with E-state index in [0.717, 1.165) is 48.8 Å². The SMILES string of the molecule is CCOC(=O)c1c2c(nn(CC3CC4CCC3CC4)c1=O)CCCC2. The van der Waals surface area contributed by atoms with E-state index < -0.39 is 5.97 Å². The van der Waals surface area contributed by atoms with Gasteiger partial charge in [0.1, 0.15) is 5.56 Å². The number of ether oxygens (including phenoxy) is 1. The number of hydrogen-bond acceptors (Lipinski definition) is 4. The van der Waals surface area contributed by atoms with Gasteiger partial charge in [0, 0.05) is 6.54 Å². The molecule has 3 fully saturated rings. The molecule has 1 aromatic rings. The van der Waals surface area contributed by atoms with Gasteiger partial charge in [0.15, 0.2) is 0 Å². The molecule has 3 saturated carbocycles. The van der Waals surface area contributed by atoms with Crippen molar-refractivity contribution in [3.63, 3.8) is 0 Å². The third-order valence-electron chi connectivity index (χ3n) is 6.51. The van der Waals surface area contributed by atoms with E-state index in [1.165, 1.54) is 32.1 Å². The molecule has 0 N–H and O–H groups in total. The van der Waals surface area contributed by atoms with Gasteiger partial charge in [-0.05, 0) is 75.2 Å². The lowest BCUT2D eigenvalue weighted by Gasteiger charge is -2.42. The zero-order valence-electron chi connectivity index (χ0n) is 15.1. The monoisotopic (exact) mass is 344 g/mol. The first kappa shape index (κ1) is 16.8. The fourth-order valence-corrected chi connectivity index (χ4v) is 5.22. The van der Waals surface area contributed by atoms with E-state index >= 15 is 0 Å². The van der Waals surface area contributed by atoms with Crippen molar-refractivity contribution in [1.82, 2.24) is 9.78 Å². The van der Waals surface area contributed by atoms with Gasteiger partial charge in [0.05, 0.1) is 12.3 Å². The molecule has 1 aromatic heterocycles. The fourth-order valence-electron chi connectivity index (χ4n) is 5.22. The molecule has 0 aromatic carbocycles.